The Morgan fingerprint density at radius 2 is 1.95 bits per heavy atom. The van der Waals surface area contributed by atoms with Crippen molar-refractivity contribution < 1.29 is 19.1 Å². The molecule has 1 aliphatic rings. The standard InChI is InChI=1S/C30H31N3O4/c1-2-17-36-26-9-4-3-7-22(26)21-33-15-12-30(35,13-16-33)24-10-11-27-23(18-24)19-28(37-27)29(34)32-20-25-8-5-6-14-31-25/h2-11,14,18-19,35H,1,12-13,15-17,20-21H2,(H,32,34). The maximum atomic E-state index is 12.6. The van der Waals surface area contributed by atoms with Crippen molar-refractivity contribution in [2.45, 2.75) is 31.5 Å². The number of rotatable bonds is 9. The number of fused-ring (bicyclic) bond motifs is 1. The predicted molar refractivity (Wildman–Crippen MR) is 142 cm³/mol. The molecule has 1 saturated heterocycles. The first kappa shape index (κ1) is 24.7. The van der Waals surface area contributed by atoms with Gasteiger partial charge in [0, 0.05) is 36.8 Å². The van der Waals surface area contributed by atoms with Crippen LogP contribution in [0.1, 0.15) is 40.2 Å². The van der Waals surface area contributed by atoms with Crippen LogP contribution in [0.2, 0.25) is 0 Å². The monoisotopic (exact) mass is 497 g/mol. The van der Waals surface area contributed by atoms with Gasteiger partial charge in [-0.2, -0.15) is 0 Å². The number of likely N-dealkylation sites (tertiary alicyclic amines) is 1. The summed E-state index contributed by atoms with van der Waals surface area (Å²) in [5.41, 5.74) is 2.43. The Bertz CT molecular complexity index is 1370. The van der Waals surface area contributed by atoms with Gasteiger partial charge >= 0.3 is 0 Å². The number of para-hydroxylation sites is 1. The average Bonchev–Trinajstić information content (AvgIpc) is 3.37. The molecule has 2 N–H and O–H groups in total. The van der Waals surface area contributed by atoms with Gasteiger partial charge in [-0.25, -0.2) is 0 Å². The minimum atomic E-state index is -0.928. The number of aliphatic hydroxyl groups is 1. The van der Waals surface area contributed by atoms with Crippen LogP contribution in [0.4, 0.5) is 0 Å². The molecule has 0 spiro atoms. The number of pyridine rings is 1. The van der Waals surface area contributed by atoms with E-state index in [1.165, 1.54) is 0 Å². The Morgan fingerprint density at radius 3 is 2.73 bits per heavy atom. The fourth-order valence-corrected chi connectivity index (χ4v) is 4.74. The summed E-state index contributed by atoms with van der Waals surface area (Å²) >= 11 is 0. The summed E-state index contributed by atoms with van der Waals surface area (Å²) in [6.45, 7) is 6.81. The smallest absolute Gasteiger partial charge is 0.287 e. The van der Waals surface area contributed by atoms with Crippen molar-refractivity contribution in [2.75, 3.05) is 19.7 Å². The summed E-state index contributed by atoms with van der Waals surface area (Å²) in [6.07, 6.45) is 4.66. The van der Waals surface area contributed by atoms with Crippen LogP contribution < -0.4 is 10.1 Å². The first-order valence-electron chi connectivity index (χ1n) is 12.5. The molecule has 2 aromatic carbocycles. The number of nitrogens with one attached hydrogen (secondary N) is 1. The van der Waals surface area contributed by atoms with Gasteiger partial charge in [0.05, 0.1) is 17.8 Å². The van der Waals surface area contributed by atoms with E-state index in [9.17, 15) is 9.90 Å². The molecule has 7 heteroatoms. The summed E-state index contributed by atoms with van der Waals surface area (Å²) < 4.78 is 11.6. The van der Waals surface area contributed by atoms with E-state index >= 15 is 0 Å². The van der Waals surface area contributed by atoms with Gasteiger partial charge in [-0.1, -0.05) is 43.0 Å². The number of benzene rings is 2. The highest BCUT2D eigenvalue weighted by Crippen LogP contribution is 2.36. The molecule has 7 nitrogen and oxygen atoms in total. The molecule has 1 fully saturated rings. The van der Waals surface area contributed by atoms with Gasteiger partial charge in [-0.3, -0.25) is 14.7 Å². The number of furan rings is 1. The van der Waals surface area contributed by atoms with Crippen molar-refractivity contribution in [3.05, 3.63) is 108 Å². The van der Waals surface area contributed by atoms with Gasteiger partial charge in [0.2, 0.25) is 0 Å². The quantitative estimate of drug-likeness (QED) is 0.323. The van der Waals surface area contributed by atoms with Gasteiger partial charge in [-0.05, 0) is 54.8 Å². The molecule has 0 saturated carbocycles. The molecule has 0 aliphatic carbocycles. The zero-order valence-corrected chi connectivity index (χ0v) is 20.7. The molecule has 0 bridgehead atoms. The van der Waals surface area contributed by atoms with Crippen LogP contribution in [0.25, 0.3) is 11.0 Å². The van der Waals surface area contributed by atoms with Crippen molar-refractivity contribution in [2.24, 2.45) is 0 Å². The van der Waals surface area contributed by atoms with Crippen LogP contribution >= 0.6 is 0 Å². The van der Waals surface area contributed by atoms with Crippen molar-refractivity contribution in [1.29, 1.82) is 0 Å². The number of carbonyl (C=O) groups excluding carboxylic acids is 1. The molecule has 2 aromatic heterocycles. The third kappa shape index (κ3) is 5.74. The highest BCUT2D eigenvalue weighted by Gasteiger charge is 2.34. The van der Waals surface area contributed by atoms with E-state index < -0.39 is 5.60 Å². The number of hydrogen-bond donors (Lipinski definition) is 2. The molecule has 0 unspecified atom stereocenters. The molecular formula is C30H31N3O4. The van der Waals surface area contributed by atoms with Crippen molar-refractivity contribution in [3.8, 4) is 5.75 Å². The number of ether oxygens (including phenoxy) is 1. The van der Waals surface area contributed by atoms with Crippen LogP contribution in [0.15, 0.2) is 90.0 Å². The molecule has 1 amide bonds. The van der Waals surface area contributed by atoms with E-state index in [4.69, 9.17) is 9.15 Å². The third-order valence-electron chi connectivity index (χ3n) is 6.84. The topological polar surface area (TPSA) is 87.8 Å². The van der Waals surface area contributed by atoms with E-state index in [0.29, 0.717) is 31.6 Å². The summed E-state index contributed by atoms with van der Waals surface area (Å²) in [6, 6.07) is 21.0. The van der Waals surface area contributed by atoms with E-state index in [1.54, 1.807) is 18.3 Å². The second kappa shape index (κ2) is 11.0. The molecule has 3 heterocycles. The van der Waals surface area contributed by atoms with Gasteiger partial charge in [0.25, 0.3) is 5.91 Å². The third-order valence-corrected chi connectivity index (χ3v) is 6.84. The molecular weight excluding hydrogens is 466 g/mol. The van der Waals surface area contributed by atoms with E-state index in [1.807, 2.05) is 54.6 Å². The maximum absolute atomic E-state index is 12.6. The lowest BCUT2D eigenvalue weighted by Crippen LogP contribution is -2.42. The van der Waals surface area contributed by atoms with Crippen LogP contribution in [-0.4, -0.2) is 40.6 Å². The number of carbonyl (C=O) groups is 1. The normalized spacial score (nSPS) is 15.4. The lowest BCUT2D eigenvalue weighted by Gasteiger charge is -2.38. The minimum absolute atomic E-state index is 0.238. The number of hydrogen-bond acceptors (Lipinski definition) is 6. The second-order valence-corrected chi connectivity index (χ2v) is 9.38. The maximum Gasteiger partial charge on any atom is 0.287 e. The lowest BCUT2D eigenvalue weighted by atomic mass is 9.84. The SMILES string of the molecule is C=CCOc1ccccc1CN1CCC(O)(c2ccc3oc(C(=O)NCc4ccccn4)cc3c2)CC1. The lowest BCUT2D eigenvalue weighted by molar-refractivity contribution is -0.0277. The first-order valence-corrected chi connectivity index (χ1v) is 12.5. The second-order valence-electron chi connectivity index (χ2n) is 9.38. The van der Waals surface area contributed by atoms with Crippen molar-refractivity contribution in [3.63, 3.8) is 0 Å². The minimum Gasteiger partial charge on any atom is -0.489 e. The van der Waals surface area contributed by atoms with Crippen LogP contribution in [0.5, 0.6) is 5.75 Å². The Labute approximate surface area is 216 Å². The highest BCUT2D eigenvalue weighted by molar-refractivity contribution is 5.96. The molecule has 4 aromatic rings. The van der Waals surface area contributed by atoms with E-state index in [2.05, 4.69) is 27.8 Å². The highest BCUT2D eigenvalue weighted by atomic mass is 16.5. The number of piperidine rings is 1. The predicted octanol–water partition coefficient (Wildman–Crippen LogP) is 4.81. The first-order chi connectivity index (χ1) is 18.0. The average molecular weight is 498 g/mol. The fourth-order valence-electron chi connectivity index (χ4n) is 4.74. The van der Waals surface area contributed by atoms with Crippen molar-refractivity contribution in [1.82, 2.24) is 15.2 Å². The van der Waals surface area contributed by atoms with Crippen LogP contribution in [0, 0.1) is 0 Å². The fraction of sp³-hybridized carbons (Fsp3) is 0.267. The van der Waals surface area contributed by atoms with Crippen LogP contribution in [0.3, 0.4) is 0 Å². The van der Waals surface area contributed by atoms with Crippen LogP contribution in [-0.2, 0) is 18.7 Å². The van der Waals surface area contributed by atoms with Gasteiger partial charge < -0.3 is 19.6 Å². The zero-order valence-electron chi connectivity index (χ0n) is 20.7. The summed E-state index contributed by atoms with van der Waals surface area (Å²) in [7, 11) is 0. The molecule has 0 radical (unpaired) electrons. The van der Waals surface area contributed by atoms with E-state index in [0.717, 1.165) is 47.6 Å². The summed E-state index contributed by atoms with van der Waals surface area (Å²) in [4.78, 5) is 19.2. The summed E-state index contributed by atoms with van der Waals surface area (Å²) in [5, 5.41) is 15.1. The van der Waals surface area contributed by atoms with Gasteiger partial charge in [0.15, 0.2) is 5.76 Å². The largest absolute Gasteiger partial charge is 0.489 e. The molecule has 5 rings (SSSR count). The molecule has 190 valence electrons. The van der Waals surface area contributed by atoms with Crippen molar-refractivity contribution >= 4 is 16.9 Å². The summed E-state index contributed by atoms with van der Waals surface area (Å²) in [5.74, 6) is 0.809. The van der Waals surface area contributed by atoms with Gasteiger partial charge in [0.1, 0.15) is 17.9 Å². The Kier molecular flexibility index (Phi) is 7.35. The number of amides is 1. The zero-order chi connectivity index (χ0) is 25.7. The van der Waals surface area contributed by atoms with Gasteiger partial charge in [-0.15, -0.1) is 0 Å². The number of aromatic nitrogens is 1. The Balaban J connectivity index is 1.23. The molecule has 0 atom stereocenters. The number of nitrogens with zero attached hydrogens (tertiary/aromatic N) is 2. The van der Waals surface area contributed by atoms with E-state index in [-0.39, 0.29) is 11.7 Å². The molecule has 37 heavy (non-hydrogen) atoms. The Hall–Kier alpha value is -3.94. The molecule has 1 aliphatic heterocycles. The Morgan fingerprint density at radius 1 is 1.14 bits per heavy atom.